The van der Waals surface area contributed by atoms with Crippen LogP contribution in [0.2, 0.25) is 0 Å². The molecule has 1 aromatic carbocycles. The third kappa shape index (κ3) is 6.35. The highest BCUT2D eigenvalue weighted by molar-refractivity contribution is 6.10. The van der Waals surface area contributed by atoms with Crippen molar-refractivity contribution in [2.75, 3.05) is 26.2 Å². The second-order valence-corrected chi connectivity index (χ2v) is 6.68. The fourth-order valence-corrected chi connectivity index (χ4v) is 3.14. The maximum atomic E-state index is 11.0. The van der Waals surface area contributed by atoms with Crippen LogP contribution in [0.15, 0.2) is 96.5 Å². The zero-order chi connectivity index (χ0) is 21.1. The molecule has 152 valence electrons. The van der Waals surface area contributed by atoms with Crippen LogP contribution in [0.5, 0.6) is 0 Å². The lowest BCUT2D eigenvalue weighted by molar-refractivity contribution is -0.119. The van der Waals surface area contributed by atoms with Crippen molar-refractivity contribution in [1.29, 1.82) is 0 Å². The molecule has 0 saturated carbocycles. The molecule has 2 rings (SSSR count). The van der Waals surface area contributed by atoms with E-state index in [1.165, 1.54) is 11.8 Å². The molecule has 0 aromatic heterocycles. The number of carbonyl (C=O) groups is 1. The normalized spacial score (nSPS) is 16.0. The van der Waals surface area contributed by atoms with E-state index in [0.29, 0.717) is 19.6 Å². The number of nitrogens with zero attached hydrogens (tertiary/aromatic N) is 3. The van der Waals surface area contributed by atoms with Crippen LogP contribution in [0.25, 0.3) is 0 Å². The summed E-state index contributed by atoms with van der Waals surface area (Å²) in [6.45, 7) is 17.3. The minimum Gasteiger partial charge on any atom is -0.384 e. The summed E-state index contributed by atoms with van der Waals surface area (Å²) in [4.78, 5) is 19.4. The molecule has 1 aliphatic heterocycles. The fourth-order valence-electron chi connectivity index (χ4n) is 3.14. The Morgan fingerprint density at radius 3 is 2.34 bits per heavy atom. The van der Waals surface area contributed by atoms with Gasteiger partial charge < -0.3 is 15.1 Å². The predicted octanol–water partition coefficient (Wildman–Crippen LogP) is 3.66. The molecule has 0 aliphatic carbocycles. The lowest BCUT2D eigenvalue weighted by Crippen LogP contribution is -2.44. The maximum Gasteiger partial charge on any atom is 0.209 e. The summed E-state index contributed by atoms with van der Waals surface area (Å²) in [5.41, 5.74) is 4.85. The van der Waals surface area contributed by atoms with E-state index in [9.17, 15) is 4.79 Å². The van der Waals surface area contributed by atoms with Crippen LogP contribution in [0.3, 0.4) is 0 Å². The van der Waals surface area contributed by atoms with E-state index in [1.807, 2.05) is 31.2 Å². The van der Waals surface area contributed by atoms with Gasteiger partial charge in [-0.1, -0.05) is 50.1 Å². The highest BCUT2D eigenvalue weighted by Crippen LogP contribution is 2.17. The third-order valence-corrected chi connectivity index (χ3v) is 4.83. The number of aliphatic imine (C=N–C) groups is 1. The largest absolute Gasteiger partial charge is 0.384 e. The minimum atomic E-state index is 0.702. The van der Waals surface area contributed by atoms with Crippen LogP contribution >= 0.6 is 0 Å². The maximum absolute atomic E-state index is 11.0. The van der Waals surface area contributed by atoms with Crippen molar-refractivity contribution in [2.24, 2.45) is 4.99 Å². The molecule has 0 atom stereocenters. The number of hydrogen-bond donors (Lipinski definition) is 1. The summed E-state index contributed by atoms with van der Waals surface area (Å²) in [6.07, 6.45) is 8.07. The highest BCUT2D eigenvalue weighted by Gasteiger charge is 2.17. The van der Waals surface area contributed by atoms with Crippen LogP contribution in [0.1, 0.15) is 12.5 Å². The average Bonchev–Trinajstić information content (AvgIpc) is 2.78. The Balaban J connectivity index is 2.32. The van der Waals surface area contributed by atoms with Crippen molar-refractivity contribution in [3.05, 3.63) is 97.0 Å². The van der Waals surface area contributed by atoms with Gasteiger partial charge in [0, 0.05) is 55.9 Å². The molecule has 5 nitrogen and oxygen atoms in total. The summed E-state index contributed by atoms with van der Waals surface area (Å²) in [6, 6.07) is 10.2. The van der Waals surface area contributed by atoms with Crippen LogP contribution < -0.4 is 5.32 Å². The second-order valence-electron chi connectivity index (χ2n) is 6.68. The first-order valence-electron chi connectivity index (χ1n) is 9.71. The lowest BCUT2D eigenvalue weighted by atomic mass is 10.1. The molecule has 0 spiro atoms. The van der Waals surface area contributed by atoms with Gasteiger partial charge in [0.05, 0.1) is 5.71 Å². The first kappa shape index (κ1) is 22.0. The first-order valence-corrected chi connectivity index (χ1v) is 9.71. The number of benzene rings is 1. The van der Waals surface area contributed by atoms with E-state index in [4.69, 9.17) is 0 Å². The van der Waals surface area contributed by atoms with Crippen molar-refractivity contribution in [2.45, 2.75) is 13.5 Å². The number of hydrogen-bond acceptors (Lipinski definition) is 4. The van der Waals surface area contributed by atoms with E-state index < -0.39 is 0 Å². The van der Waals surface area contributed by atoms with Crippen molar-refractivity contribution in [3.8, 4) is 0 Å². The highest BCUT2D eigenvalue weighted by atomic mass is 16.1. The Hall–Kier alpha value is -3.34. The van der Waals surface area contributed by atoms with E-state index in [-0.39, 0.29) is 0 Å². The van der Waals surface area contributed by atoms with Gasteiger partial charge in [0.1, 0.15) is 0 Å². The molecule has 0 unspecified atom stereocenters. The number of rotatable bonds is 10. The van der Waals surface area contributed by atoms with Gasteiger partial charge in [0.15, 0.2) is 0 Å². The van der Waals surface area contributed by atoms with Gasteiger partial charge in [-0.3, -0.25) is 9.79 Å². The van der Waals surface area contributed by atoms with Crippen LogP contribution in [-0.4, -0.2) is 48.1 Å². The quantitative estimate of drug-likeness (QED) is 0.377. The number of amides is 1. The summed E-state index contributed by atoms with van der Waals surface area (Å²) >= 11 is 0. The van der Waals surface area contributed by atoms with Gasteiger partial charge in [-0.25, -0.2) is 0 Å². The molecular formula is C24H30N4O. The molecule has 1 saturated heterocycles. The summed E-state index contributed by atoms with van der Waals surface area (Å²) in [7, 11) is 0. The van der Waals surface area contributed by atoms with Gasteiger partial charge >= 0.3 is 0 Å². The molecule has 1 heterocycles. The van der Waals surface area contributed by atoms with Gasteiger partial charge in [-0.05, 0) is 30.7 Å². The molecule has 1 amide bonds. The molecule has 29 heavy (non-hydrogen) atoms. The fraction of sp³-hybridized carbons (Fsp3) is 0.250. The molecule has 5 heteroatoms. The molecular weight excluding hydrogens is 360 g/mol. The number of carbonyl (C=O) groups excluding carboxylic acids is 1. The van der Waals surface area contributed by atoms with Crippen molar-refractivity contribution in [3.63, 3.8) is 0 Å². The number of piperazine rings is 1. The third-order valence-electron chi connectivity index (χ3n) is 4.83. The Labute approximate surface area is 174 Å². The first-order chi connectivity index (χ1) is 14.1. The van der Waals surface area contributed by atoms with Crippen LogP contribution in [0, 0.1) is 0 Å². The monoisotopic (exact) mass is 390 g/mol. The molecule has 0 bridgehead atoms. The van der Waals surface area contributed by atoms with Crippen molar-refractivity contribution in [1.82, 2.24) is 15.1 Å². The molecule has 1 fully saturated rings. The Bertz CT molecular complexity index is 813. The van der Waals surface area contributed by atoms with Crippen LogP contribution in [0.4, 0.5) is 0 Å². The molecule has 1 aliphatic rings. The smallest absolute Gasteiger partial charge is 0.209 e. The van der Waals surface area contributed by atoms with Gasteiger partial charge in [-0.15, -0.1) is 0 Å². The Morgan fingerprint density at radius 1 is 1.10 bits per heavy atom. The Morgan fingerprint density at radius 2 is 1.79 bits per heavy atom. The van der Waals surface area contributed by atoms with Gasteiger partial charge in [-0.2, -0.15) is 0 Å². The SMILES string of the molecule is C=C/N=C(/C=C)C(/C=C(\C=C)N1CCN(C=O)CC1)=C(C)NCc1ccccc1. The average molecular weight is 391 g/mol. The second kappa shape index (κ2) is 11.5. The van der Waals surface area contributed by atoms with Gasteiger partial charge in [0.25, 0.3) is 0 Å². The van der Waals surface area contributed by atoms with E-state index >= 15 is 0 Å². The minimum absolute atomic E-state index is 0.702. The summed E-state index contributed by atoms with van der Waals surface area (Å²) in [5, 5.41) is 3.49. The molecule has 1 N–H and O–H groups in total. The Kier molecular flexibility index (Phi) is 8.70. The van der Waals surface area contributed by atoms with Gasteiger partial charge in [0.2, 0.25) is 6.41 Å². The van der Waals surface area contributed by atoms with E-state index in [0.717, 1.165) is 42.2 Å². The zero-order valence-corrected chi connectivity index (χ0v) is 17.2. The molecule has 1 aromatic rings. The van der Waals surface area contributed by atoms with Crippen molar-refractivity contribution < 1.29 is 4.79 Å². The molecule has 0 radical (unpaired) electrons. The van der Waals surface area contributed by atoms with Crippen LogP contribution in [-0.2, 0) is 11.3 Å². The van der Waals surface area contributed by atoms with E-state index in [2.05, 4.69) is 53.2 Å². The number of allylic oxidation sites excluding steroid dienone is 5. The lowest BCUT2D eigenvalue weighted by Gasteiger charge is -2.35. The summed E-state index contributed by atoms with van der Waals surface area (Å²) in [5.74, 6) is 0. The number of nitrogens with one attached hydrogen (secondary N) is 1. The summed E-state index contributed by atoms with van der Waals surface area (Å²) < 4.78 is 0. The van der Waals surface area contributed by atoms with E-state index in [1.54, 1.807) is 11.0 Å². The standard InChI is InChI=1S/C24H30N4O/c1-5-22(28-15-13-27(19-29)14-16-28)17-23(24(6-2)25-7-3)20(4)26-18-21-11-9-8-10-12-21/h5-12,17,19,26H,1-3,13-16,18H2,4H3/b22-17+,23-20?,25-24-. The predicted molar refractivity (Wildman–Crippen MR) is 121 cm³/mol. The zero-order valence-electron chi connectivity index (χ0n) is 17.2. The van der Waals surface area contributed by atoms with Crippen molar-refractivity contribution >= 4 is 12.1 Å². The topological polar surface area (TPSA) is 47.9 Å².